The van der Waals surface area contributed by atoms with Gasteiger partial charge in [0, 0.05) is 11.3 Å². The van der Waals surface area contributed by atoms with Crippen molar-refractivity contribution in [2.45, 2.75) is 4.71 Å². The molecule has 0 aliphatic heterocycles. The molecule has 0 bridgehead atoms. The lowest BCUT2D eigenvalue weighted by molar-refractivity contribution is 0.599. The average Bonchev–Trinajstić information content (AvgIpc) is 2.01. The molecule has 13 heavy (non-hydrogen) atoms. The van der Waals surface area contributed by atoms with Gasteiger partial charge in [0.05, 0.1) is 0 Å². The van der Waals surface area contributed by atoms with Gasteiger partial charge >= 0.3 is 0 Å². The molecule has 72 valence electrons. The predicted molar refractivity (Wildman–Crippen MR) is 54.9 cm³/mol. The maximum atomic E-state index is 11.1. The fourth-order valence-corrected chi connectivity index (χ4v) is 1.87. The highest BCUT2D eigenvalue weighted by Crippen LogP contribution is 2.27. The van der Waals surface area contributed by atoms with Gasteiger partial charge in [0.25, 0.3) is 0 Å². The zero-order chi connectivity index (χ0) is 10.1. The lowest BCUT2D eigenvalue weighted by Crippen LogP contribution is -2.04. The van der Waals surface area contributed by atoms with Crippen molar-refractivity contribution in [1.29, 1.82) is 0 Å². The van der Waals surface area contributed by atoms with Crippen LogP contribution in [0, 0.1) is 0 Å². The summed E-state index contributed by atoms with van der Waals surface area (Å²) in [4.78, 5) is 0. The second-order valence-electron chi connectivity index (χ2n) is 2.70. The Morgan fingerprint density at radius 2 is 2.00 bits per heavy atom. The van der Waals surface area contributed by atoms with Crippen molar-refractivity contribution in [3.05, 3.63) is 34.9 Å². The van der Waals surface area contributed by atoms with Crippen molar-refractivity contribution in [3.63, 3.8) is 0 Å². The van der Waals surface area contributed by atoms with Crippen LogP contribution in [0.1, 0.15) is 10.3 Å². The largest absolute Gasteiger partial charge is 0.227 e. The van der Waals surface area contributed by atoms with E-state index in [2.05, 4.69) is 0 Å². The van der Waals surface area contributed by atoms with Gasteiger partial charge in [0.15, 0.2) is 14.5 Å². The third kappa shape index (κ3) is 2.86. The Morgan fingerprint density at radius 3 is 2.46 bits per heavy atom. The summed E-state index contributed by atoms with van der Waals surface area (Å²) < 4.78 is 21.1. The lowest BCUT2D eigenvalue weighted by atomic mass is 10.2. The zero-order valence-electron chi connectivity index (χ0n) is 6.87. The van der Waals surface area contributed by atoms with Gasteiger partial charge in [-0.05, 0) is 17.7 Å². The van der Waals surface area contributed by atoms with E-state index in [1.54, 1.807) is 24.3 Å². The summed E-state index contributed by atoms with van der Waals surface area (Å²) in [6, 6.07) is 6.50. The number of hydrogen-bond donors (Lipinski definition) is 0. The molecule has 0 saturated heterocycles. The highest BCUT2D eigenvalue weighted by atomic mass is 35.5. The van der Waals surface area contributed by atoms with Crippen molar-refractivity contribution in [2.75, 3.05) is 6.26 Å². The van der Waals surface area contributed by atoms with Crippen molar-refractivity contribution in [1.82, 2.24) is 0 Å². The number of sulfone groups is 1. The second kappa shape index (κ2) is 3.86. The Kier molecular flexibility index (Phi) is 3.22. The van der Waals surface area contributed by atoms with Gasteiger partial charge in [-0.3, -0.25) is 0 Å². The molecule has 0 aromatic heterocycles. The first-order valence-electron chi connectivity index (χ1n) is 3.49. The fraction of sp³-hybridized carbons (Fsp3) is 0.250. The lowest BCUT2D eigenvalue weighted by Gasteiger charge is -2.07. The van der Waals surface area contributed by atoms with E-state index in [0.717, 1.165) is 6.26 Å². The maximum absolute atomic E-state index is 11.1. The highest BCUT2D eigenvalue weighted by Gasteiger charge is 2.19. The first-order chi connectivity index (χ1) is 5.91. The molecule has 0 amide bonds. The minimum atomic E-state index is -3.27. The van der Waals surface area contributed by atoms with Gasteiger partial charge in [-0.1, -0.05) is 23.7 Å². The molecule has 1 atom stereocenters. The van der Waals surface area contributed by atoms with E-state index >= 15 is 0 Å². The van der Waals surface area contributed by atoms with Gasteiger partial charge in [0.2, 0.25) is 0 Å². The maximum Gasteiger partial charge on any atom is 0.168 e. The van der Waals surface area contributed by atoms with E-state index in [1.807, 2.05) is 0 Å². The summed E-state index contributed by atoms with van der Waals surface area (Å²) in [6.45, 7) is 0. The molecular formula is C8H8Cl2O2S. The predicted octanol–water partition coefficient (Wildman–Crippen LogP) is 2.62. The molecule has 0 fully saturated rings. The summed E-state index contributed by atoms with van der Waals surface area (Å²) in [7, 11) is -3.27. The van der Waals surface area contributed by atoms with E-state index in [4.69, 9.17) is 23.2 Å². The van der Waals surface area contributed by atoms with Crippen LogP contribution in [0.25, 0.3) is 0 Å². The van der Waals surface area contributed by atoms with Crippen LogP contribution >= 0.6 is 23.2 Å². The molecule has 0 N–H and O–H groups in total. The molecule has 5 heteroatoms. The summed E-state index contributed by atoms with van der Waals surface area (Å²) in [5, 5.41) is 0.479. The average molecular weight is 239 g/mol. The van der Waals surface area contributed by atoms with Gasteiger partial charge in [-0.25, -0.2) is 8.42 Å². The van der Waals surface area contributed by atoms with Gasteiger partial charge in [0.1, 0.15) is 0 Å². The summed E-state index contributed by atoms with van der Waals surface area (Å²) in [5.41, 5.74) is 0.497. The third-order valence-electron chi connectivity index (χ3n) is 1.49. The zero-order valence-corrected chi connectivity index (χ0v) is 9.20. The van der Waals surface area contributed by atoms with Crippen LogP contribution in [0.3, 0.4) is 0 Å². The van der Waals surface area contributed by atoms with Crippen molar-refractivity contribution >= 4 is 33.0 Å². The molecule has 1 aromatic rings. The van der Waals surface area contributed by atoms with Crippen LogP contribution in [0.2, 0.25) is 5.02 Å². The van der Waals surface area contributed by atoms with Crippen LogP contribution in [0.15, 0.2) is 24.3 Å². The molecule has 0 radical (unpaired) electrons. The van der Waals surface area contributed by atoms with Crippen molar-refractivity contribution < 1.29 is 8.42 Å². The molecular weight excluding hydrogens is 231 g/mol. The molecule has 0 aliphatic rings. The van der Waals surface area contributed by atoms with E-state index in [9.17, 15) is 8.42 Å². The molecule has 0 saturated carbocycles. The topological polar surface area (TPSA) is 34.1 Å². The fourth-order valence-electron chi connectivity index (χ4n) is 0.895. The van der Waals surface area contributed by atoms with E-state index in [1.165, 1.54) is 0 Å². The number of hydrogen-bond acceptors (Lipinski definition) is 2. The monoisotopic (exact) mass is 238 g/mol. The minimum Gasteiger partial charge on any atom is -0.227 e. The number of rotatable bonds is 2. The Balaban J connectivity index is 3.10. The van der Waals surface area contributed by atoms with Crippen molar-refractivity contribution in [3.8, 4) is 0 Å². The Hall–Kier alpha value is -0.250. The summed E-state index contributed by atoms with van der Waals surface area (Å²) in [6.07, 6.45) is 1.09. The van der Waals surface area contributed by atoms with E-state index in [0.29, 0.717) is 10.6 Å². The Labute approximate surface area is 87.4 Å². The van der Waals surface area contributed by atoms with Crippen LogP contribution in [-0.2, 0) is 9.84 Å². The molecule has 1 rings (SSSR count). The number of halogens is 2. The molecule has 0 heterocycles. The van der Waals surface area contributed by atoms with Crippen LogP contribution < -0.4 is 0 Å². The molecule has 1 unspecified atom stereocenters. The third-order valence-corrected chi connectivity index (χ3v) is 3.97. The minimum absolute atomic E-state index is 0.479. The number of benzene rings is 1. The first-order valence-corrected chi connectivity index (χ1v) is 6.26. The highest BCUT2D eigenvalue weighted by molar-refractivity contribution is 7.92. The quantitative estimate of drug-likeness (QED) is 0.743. The van der Waals surface area contributed by atoms with Crippen LogP contribution in [0.5, 0.6) is 0 Å². The van der Waals surface area contributed by atoms with Crippen molar-refractivity contribution in [2.24, 2.45) is 0 Å². The van der Waals surface area contributed by atoms with Gasteiger partial charge in [-0.2, -0.15) is 0 Å². The molecule has 0 aliphatic carbocycles. The summed E-state index contributed by atoms with van der Waals surface area (Å²) in [5.74, 6) is 0. The summed E-state index contributed by atoms with van der Waals surface area (Å²) >= 11 is 11.4. The van der Waals surface area contributed by atoms with Crippen LogP contribution in [0.4, 0.5) is 0 Å². The van der Waals surface area contributed by atoms with Gasteiger partial charge < -0.3 is 0 Å². The Bertz CT molecular complexity index is 400. The second-order valence-corrected chi connectivity index (χ2v) is 5.96. The standard InChI is InChI=1S/C8H8Cl2O2S/c1-13(11,12)8(10)6-3-2-4-7(9)5-6/h2-5,8H,1H3. The van der Waals surface area contributed by atoms with E-state index in [-0.39, 0.29) is 0 Å². The van der Waals surface area contributed by atoms with Gasteiger partial charge in [-0.15, -0.1) is 11.6 Å². The van der Waals surface area contributed by atoms with Crippen LogP contribution in [-0.4, -0.2) is 14.7 Å². The SMILES string of the molecule is CS(=O)(=O)C(Cl)c1cccc(Cl)c1. The smallest absolute Gasteiger partial charge is 0.168 e. The molecule has 2 nitrogen and oxygen atoms in total. The Morgan fingerprint density at radius 1 is 1.38 bits per heavy atom. The molecule has 1 aromatic carbocycles. The van der Waals surface area contributed by atoms with E-state index < -0.39 is 14.5 Å². The molecule has 0 spiro atoms. The first kappa shape index (κ1) is 10.8. The number of alkyl halides is 1. The normalized spacial score (nSPS) is 14.1.